The number of carbonyl (C=O) groups excluding carboxylic acids is 2. The highest BCUT2D eigenvalue weighted by atomic mass is 16.7. The average molecular weight is 529 g/mol. The van der Waals surface area contributed by atoms with Gasteiger partial charge in [-0.1, -0.05) is 5.11 Å². The number of aliphatic hydroxyl groups is 4. The number of H-pyrrole nitrogens is 1. The lowest BCUT2D eigenvalue weighted by molar-refractivity contribution is -0.289. The molecule has 2 fully saturated rings. The molecule has 8 atom stereocenters. The van der Waals surface area contributed by atoms with Gasteiger partial charge in [0.05, 0.1) is 25.5 Å². The van der Waals surface area contributed by atoms with Crippen LogP contribution in [-0.4, -0.2) is 98.0 Å². The largest absolute Gasteiger partial charge is 0.463 e. The summed E-state index contributed by atoms with van der Waals surface area (Å²) in [6, 6.07) is -0.795. The van der Waals surface area contributed by atoms with E-state index in [4.69, 9.17) is 24.5 Å². The van der Waals surface area contributed by atoms with Crippen LogP contribution in [-0.2, 0) is 28.5 Å². The molecule has 17 nitrogen and oxygen atoms in total. The summed E-state index contributed by atoms with van der Waals surface area (Å²) in [7, 11) is 0. The molecule has 5 N–H and O–H groups in total. The average Bonchev–Trinajstić information content (AvgIpc) is 3.26. The zero-order valence-corrected chi connectivity index (χ0v) is 19.6. The van der Waals surface area contributed by atoms with E-state index in [2.05, 4.69) is 15.0 Å². The second-order valence-corrected chi connectivity index (χ2v) is 8.48. The van der Waals surface area contributed by atoms with Crippen molar-refractivity contribution < 1.29 is 49.0 Å². The minimum atomic E-state index is -1.78. The predicted molar refractivity (Wildman–Crippen MR) is 118 cm³/mol. The predicted octanol–water partition coefficient (Wildman–Crippen LogP) is -2.52. The first-order valence-corrected chi connectivity index (χ1v) is 11.2. The van der Waals surface area contributed by atoms with Gasteiger partial charge >= 0.3 is 17.6 Å². The van der Waals surface area contributed by atoms with Gasteiger partial charge in [-0.2, -0.15) is 0 Å². The topological polar surface area (TPSA) is 256 Å². The number of carbonyl (C=O) groups is 2. The van der Waals surface area contributed by atoms with Crippen molar-refractivity contribution in [1.29, 1.82) is 0 Å². The van der Waals surface area contributed by atoms with Gasteiger partial charge in [0.25, 0.3) is 5.56 Å². The standard InChI is InChI=1S/C20H27N5O12/c1-8-5-25(20(33)22-18(8)31)12-4-9(23-24-21)11(35-12)7-34-13(27)2-3-14(28)37-17-10(6-26)36-19(32)16(30)15(17)29/h5,9-12,15-17,19,26,29-30,32H,2-4,6-7H2,1H3,(H,22,31,33)/t9-,10+,11+,12+,15+,16+,17-,19-/m0/s1. The van der Waals surface area contributed by atoms with E-state index in [1.165, 1.54) is 13.1 Å². The molecule has 3 rings (SSSR count). The first-order valence-electron chi connectivity index (χ1n) is 11.2. The maximum atomic E-state index is 12.2. The number of aromatic amines is 1. The van der Waals surface area contributed by atoms with E-state index in [-0.39, 0.29) is 18.6 Å². The highest BCUT2D eigenvalue weighted by molar-refractivity contribution is 5.77. The van der Waals surface area contributed by atoms with Crippen molar-refractivity contribution in [1.82, 2.24) is 9.55 Å². The molecule has 0 amide bonds. The minimum Gasteiger partial charge on any atom is -0.463 e. The summed E-state index contributed by atoms with van der Waals surface area (Å²) in [6.45, 7) is 0.410. The van der Waals surface area contributed by atoms with Gasteiger partial charge in [0, 0.05) is 23.1 Å². The van der Waals surface area contributed by atoms with Crippen LogP contribution in [0.25, 0.3) is 10.4 Å². The first kappa shape index (κ1) is 28.3. The highest BCUT2D eigenvalue weighted by Crippen LogP contribution is 2.30. The lowest BCUT2D eigenvalue weighted by Crippen LogP contribution is -2.59. The molecule has 0 aliphatic carbocycles. The quantitative estimate of drug-likeness (QED) is 0.0961. The fourth-order valence-corrected chi connectivity index (χ4v) is 3.90. The second kappa shape index (κ2) is 12.3. The molecule has 2 aliphatic rings. The lowest BCUT2D eigenvalue weighted by Gasteiger charge is -2.39. The van der Waals surface area contributed by atoms with Crippen LogP contribution in [0.2, 0.25) is 0 Å². The molecule has 1 aromatic heterocycles. The summed E-state index contributed by atoms with van der Waals surface area (Å²) >= 11 is 0. The van der Waals surface area contributed by atoms with Crippen molar-refractivity contribution in [3.05, 3.63) is 43.0 Å². The number of nitrogens with one attached hydrogen (secondary N) is 1. The fraction of sp³-hybridized carbons (Fsp3) is 0.700. The molecule has 1 aromatic rings. The van der Waals surface area contributed by atoms with E-state index in [9.17, 15) is 39.6 Å². The van der Waals surface area contributed by atoms with Crippen LogP contribution < -0.4 is 11.2 Å². The van der Waals surface area contributed by atoms with Crippen molar-refractivity contribution in [3.63, 3.8) is 0 Å². The maximum Gasteiger partial charge on any atom is 0.330 e. The summed E-state index contributed by atoms with van der Waals surface area (Å²) in [4.78, 5) is 52.9. The molecule has 204 valence electrons. The number of nitrogens with zero attached hydrogens (tertiary/aromatic N) is 4. The summed E-state index contributed by atoms with van der Waals surface area (Å²) in [5, 5.41) is 42.1. The Labute approximate surface area is 207 Å². The molecule has 0 saturated carbocycles. The summed E-state index contributed by atoms with van der Waals surface area (Å²) in [6.07, 6.45) is -9.45. The molecule has 0 spiro atoms. The number of hydrogen-bond acceptors (Lipinski definition) is 13. The highest BCUT2D eigenvalue weighted by Gasteiger charge is 2.46. The third-order valence-electron chi connectivity index (χ3n) is 5.91. The van der Waals surface area contributed by atoms with E-state index < -0.39 is 91.7 Å². The number of aromatic nitrogens is 2. The van der Waals surface area contributed by atoms with E-state index in [1.807, 2.05) is 0 Å². The lowest BCUT2D eigenvalue weighted by atomic mass is 9.99. The summed E-state index contributed by atoms with van der Waals surface area (Å²) < 4.78 is 21.8. The Bertz CT molecular complexity index is 1150. The Kier molecular flexibility index (Phi) is 9.39. The van der Waals surface area contributed by atoms with Crippen LogP contribution in [0.4, 0.5) is 0 Å². The monoisotopic (exact) mass is 529 g/mol. The smallest absolute Gasteiger partial charge is 0.330 e. The Morgan fingerprint density at radius 1 is 1.19 bits per heavy atom. The van der Waals surface area contributed by atoms with Crippen molar-refractivity contribution in [2.75, 3.05) is 13.2 Å². The van der Waals surface area contributed by atoms with Gasteiger partial charge in [-0.15, -0.1) is 0 Å². The van der Waals surface area contributed by atoms with E-state index in [0.717, 1.165) is 4.57 Å². The van der Waals surface area contributed by atoms with Gasteiger partial charge in [0.1, 0.15) is 37.3 Å². The van der Waals surface area contributed by atoms with Crippen molar-refractivity contribution in [2.24, 2.45) is 5.11 Å². The van der Waals surface area contributed by atoms with Crippen molar-refractivity contribution in [3.8, 4) is 0 Å². The molecule has 2 saturated heterocycles. The summed E-state index contributed by atoms with van der Waals surface area (Å²) in [5.74, 6) is -1.81. The van der Waals surface area contributed by atoms with Gasteiger partial charge in [-0.3, -0.25) is 23.9 Å². The number of rotatable bonds is 9. The molecule has 0 radical (unpaired) electrons. The van der Waals surface area contributed by atoms with E-state index >= 15 is 0 Å². The van der Waals surface area contributed by atoms with Gasteiger partial charge in [-0.05, 0) is 12.5 Å². The van der Waals surface area contributed by atoms with Crippen LogP contribution in [0, 0.1) is 6.92 Å². The molecule has 0 aromatic carbocycles. The molecule has 3 heterocycles. The van der Waals surface area contributed by atoms with Crippen LogP contribution >= 0.6 is 0 Å². The Balaban J connectivity index is 1.52. The second-order valence-electron chi connectivity index (χ2n) is 8.48. The number of hydrogen-bond donors (Lipinski definition) is 5. The van der Waals surface area contributed by atoms with E-state index in [1.54, 1.807) is 0 Å². The minimum absolute atomic E-state index is 0.0718. The number of esters is 2. The van der Waals surface area contributed by atoms with Crippen LogP contribution in [0.5, 0.6) is 0 Å². The number of aliphatic hydroxyl groups excluding tert-OH is 4. The number of aryl methyl sites for hydroxylation is 1. The zero-order valence-electron chi connectivity index (χ0n) is 19.6. The Hall–Kier alpha value is -3.31. The van der Waals surface area contributed by atoms with Crippen LogP contribution in [0.3, 0.4) is 0 Å². The van der Waals surface area contributed by atoms with Crippen LogP contribution in [0.1, 0.15) is 31.1 Å². The summed E-state index contributed by atoms with van der Waals surface area (Å²) in [5.41, 5.74) is 7.81. The molecule has 2 aliphatic heterocycles. The first-order chi connectivity index (χ1) is 17.5. The van der Waals surface area contributed by atoms with Crippen molar-refractivity contribution >= 4 is 11.9 Å². The van der Waals surface area contributed by atoms with Crippen molar-refractivity contribution in [2.45, 2.75) is 75.3 Å². The van der Waals surface area contributed by atoms with Gasteiger partial charge in [0.2, 0.25) is 0 Å². The van der Waals surface area contributed by atoms with Crippen LogP contribution in [0.15, 0.2) is 20.9 Å². The molecule has 0 unspecified atom stereocenters. The normalized spacial score (nSPS) is 31.4. The Morgan fingerprint density at radius 3 is 2.57 bits per heavy atom. The maximum absolute atomic E-state index is 12.2. The van der Waals surface area contributed by atoms with Gasteiger partial charge in [-0.25, -0.2) is 4.79 Å². The zero-order chi connectivity index (χ0) is 27.3. The molecular formula is C20H27N5O12. The molecule has 37 heavy (non-hydrogen) atoms. The molecule has 0 bridgehead atoms. The van der Waals surface area contributed by atoms with E-state index in [0.29, 0.717) is 0 Å². The fourth-order valence-electron chi connectivity index (χ4n) is 3.90. The number of ether oxygens (including phenoxy) is 4. The number of azide groups is 1. The molecule has 17 heteroatoms. The van der Waals surface area contributed by atoms with Gasteiger partial charge < -0.3 is 39.4 Å². The third kappa shape index (κ3) is 6.72. The SMILES string of the molecule is Cc1cn([C@H]2C[C@H](N=[N+]=[N-])[C@@H](COC(=O)CCC(=O)O[C@@H]3[C@H](O)[C@@H](O)[C@@H](O)O[C@@H]3CO)O2)c(=O)[nH]c1=O. The molecular weight excluding hydrogens is 502 g/mol. The van der Waals surface area contributed by atoms with Gasteiger partial charge in [0.15, 0.2) is 12.4 Å². The Morgan fingerprint density at radius 2 is 1.89 bits per heavy atom. The third-order valence-corrected chi connectivity index (χ3v) is 5.91.